The molecule has 1 fully saturated rings. The molecule has 0 spiro atoms. The van der Waals surface area contributed by atoms with Gasteiger partial charge < -0.3 is 14.9 Å². The molecule has 1 unspecified atom stereocenters. The van der Waals surface area contributed by atoms with Crippen LogP contribution in [0.15, 0.2) is 0 Å². The molecular weight excluding hydrogens is 220 g/mol. The maximum Gasteiger partial charge on any atom is 0.228 e. The third kappa shape index (κ3) is 3.19. The van der Waals surface area contributed by atoms with Crippen LogP contribution in [-0.2, 0) is 9.59 Å². The smallest absolute Gasteiger partial charge is 0.228 e. The van der Waals surface area contributed by atoms with Gasteiger partial charge >= 0.3 is 0 Å². The molecule has 0 radical (unpaired) electrons. The van der Waals surface area contributed by atoms with Gasteiger partial charge in [0.2, 0.25) is 11.8 Å². The monoisotopic (exact) mass is 242 g/mol. The van der Waals surface area contributed by atoms with Gasteiger partial charge in [-0.2, -0.15) is 0 Å². The van der Waals surface area contributed by atoms with Crippen molar-refractivity contribution in [3.05, 3.63) is 0 Å². The average molecular weight is 242 g/mol. The van der Waals surface area contributed by atoms with E-state index in [1.165, 1.54) is 6.92 Å². The number of carbonyl (C=O) groups is 2. The Labute approximate surface area is 102 Å². The summed E-state index contributed by atoms with van der Waals surface area (Å²) in [5.74, 6) is 0.0195. The molecule has 0 aromatic carbocycles. The van der Waals surface area contributed by atoms with Gasteiger partial charge in [0.15, 0.2) is 0 Å². The predicted octanol–water partition coefficient (Wildman–Crippen LogP) is 0.0841. The molecular formula is C12H22N2O3. The first-order chi connectivity index (χ1) is 7.77. The first kappa shape index (κ1) is 14.0. The number of hydrogen-bond acceptors (Lipinski definition) is 3. The van der Waals surface area contributed by atoms with Gasteiger partial charge in [0.05, 0.1) is 12.6 Å². The van der Waals surface area contributed by atoms with E-state index in [0.29, 0.717) is 19.6 Å². The van der Waals surface area contributed by atoms with Crippen molar-refractivity contribution >= 4 is 11.8 Å². The van der Waals surface area contributed by atoms with Crippen molar-refractivity contribution in [1.29, 1.82) is 0 Å². The molecule has 5 nitrogen and oxygen atoms in total. The molecule has 98 valence electrons. The lowest BCUT2D eigenvalue weighted by atomic mass is 9.94. The largest absolute Gasteiger partial charge is 0.394 e. The maximum atomic E-state index is 12.1. The molecule has 1 saturated heterocycles. The molecule has 0 aromatic rings. The van der Waals surface area contributed by atoms with Crippen LogP contribution in [0.4, 0.5) is 0 Å². The van der Waals surface area contributed by atoms with Crippen LogP contribution in [0.2, 0.25) is 0 Å². The first-order valence-electron chi connectivity index (χ1n) is 5.95. The van der Waals surface area contributed by atoms with Crippen molar-refractivity contribution in [3.63, 3.8) is 0 Å². The first-order valence-corrected chi connectivity index (χ1v) is 5.95. The highest BCUT2D eigenvalue weighted by atomic mass is 16.3. The molecule has 1 aliphatic rings. The van der Waals surface area contributed by atoms with Gasteiger partial charge in [-0.05, 0) is 0 Å². The van der Waals surface area contributed by atoms with Crippen molar-refractivity contribution in [3.8, 4) is 0 Å². The standard InChI is InChI=1S/C12H22N2O3/c1-9(16)14-6-5-13(7-10(14)8-15)11(17)12(2,3)4/h10,15H,5-8H2,1-4H3. The van der Waals surface area contributed by atoms with Crippen LogP contribution in [0.5, 0.6) is 0 Å². The Balaban J connectivity index is 2.72. The third-order valence-corrected chi connectivity index (χ3v) is 3.03. The fourth-order valence-corrected chi connectivity index (χ4v) is 2.08. The van der Waals surface area contributed by atoms with E-state index in [1.807, 2.05) is 20.8 Å². The van der Waals surface area contributed by atoms with Crippen LogP contribution in [-0.4, -0.2) is 59.0 Å². The van der Waals surface area contributed by atoms with E-state index in [0.717, 1.165) is 0 Å². The van der Waals surface area contributed by atoms with Gasteiger partial charge in [-0.1, -0.05) is 20.8 Å². The zero-order valence-electron chi connectivity index (χ0n) is 11.1. The third-order valence-electron chi connectivity index (χ3n) is 3.03. The second-order valence-electron chi connectivity index (χ2n) is 5.55. The van der Waals surface area contributed by atoms with Gasteiger partial charge in [0.1, 0.15) is 0 Å². The lowest BCUT2D eigenvalue weighted by molar-refractivity contribution is -0.148. The summed E-state index contributed by atoms with van der Waals surface area (Å²) in [6, 6.07) is -0.271. The molecule has 1 aliphatic heterocycles. The van der Waals surface area contributed by atoms with Crippen molar-refractivity contribution in [1.82, 2.24) is 9.80 Å². The Bertz CT molecular complexity index is 309. The molecule has 2 amide bonds. The van der Waals surface area contributed by atoms with Crippen LogP contribution in [0.3, 0.4) is 0 Å². The zero-order chi connectivity index (χ0) is 13.2. The lowest BCUT2D eigenvalue weighted by Gasteiger charge is -2.42. The molecule has 0 saturated carbocycles. The van der Waals surface area contributed by atoms with E-state index in [-0.39, 0.29) is 24.5 Å². The van der Waals surface area contributed by atoms with E-state index in [4.69, 9.17) is 0 Å². The van der Waals surface area contributed by atoms with Gasteiger partial charge in [-0.25, -0.2) is 0 Å². The molecule has 1 atom stereocenters. The van der Waals surface area contributed by atoms with Crippen LogP contribution in [0.1, 0.15) is 27.7 Å². The molecule has 5 heteroatoms. The van der Waals surface area contributed by atoms with E-state index < -0.39 is 5.41 Å². The zero-order valence-corrected chi connectivity index (χ0v) is 11.1. The summed E-state index contributed by atoms with van der Waals surface area (Å²) < 4.78 is 0. The Kier molecular flexibility index (Phi) is 4.14. The number of carbonyl (C=O) groups excluding carboxylic acids is 2. The Morgan fingerprint density at radius 3 is 2.29 bits per heavy atom. The molecule has 1 N–H and O–H groups in total. The molecule has 0 bridgehead atoms. The number of aliphatic hydroxyl groups excluding tert-OH is 1. The van der Waals surface area contributed by atoms with Crippen molar-refractivity contribution in [2.24, 2.45) is 5.41 Å². The summed E-state index contributed by atoms with van der Waals surface area (Å²) in [5.41, 5.74) is -0.418. The van der Waals surface area contributed by atoms with Gasteiger partial charge in [-0.3, -0.25) is 9.59 Å². The second kappa shape index (κ2) is 5.04. The molecule has 0 aromatic heterocycles. The summed E-state index contributed by atoms with van der Waals surface area (Å²) in [5, 5.41) is 9.28. The minimum atomic E-state index is -0.418. The van der Waals surface area contributed by atoms with Crippen molar-refractivity contribution in [2.45, 2.75) is 33.7 Å². The van der Waals surface area contributed by atoms with Crippen molar-refractivity contribution in [2.75, 3.05) is 26.2 Å². The fraction of sp³-hybridized carbons (Fsp3) is 0.833. The highest BCUT2D eigenvalue weighted by Crippen LogP contribution is 2.20. The summed E-state index contributed by atoms with van der Waals surface area (Å²) in [6.07, 6.45) is 0. The summed E-state index contributed by atoms with van der Waals surface area (Å²) >= 11 is 0. The highest BCUT2D eigenvalue weighted by Gasteiger charge is 2.34. The number of amides is 2. The second-order valence-corrected chi connectivity index (χ2v) is 5.55. The fourth-order valence-electron chi connectivity index (χ4n) is 2.08. The van der Waals surface area contributed by atoms with Crippen molar-refractivity contribution < 1.29 is 14.7 Å². The quantitative estimate of drug-likeness (QED) is 0.708. The summed E-state index contributed by atoms with van der Waals surface area (Å²) in [7, 11) is 0. The molecule has 1 rings (SSSR count). The maximum absolute atomic E-state index is 12.1. The van der Waals surface area contributed by atoms with Gasteiger partial charge in [0, 0.05) is 32.0 Å². The molecule has 0 aliphatic carbocycles. The number of piperazine rings is 1. The number of rotatable bonds is 1. The topological polar surface area (TPSA) is 60.9 Å². The van der Waals surface area contributed by atoms with Crippen LogP contribution in [0.25, 0.3) is 0 Å². The van der Waals surface area contributed by atoms with E-state index in [9.17, 15) is 14.7 Å². The number of aliphatic hydroxyl groups is 1. The van der Waals surface area contributed by atoms with E-state index in [1.54, 1.807) is 9.80 Å². The van der Waals surface area contributed by atoms with E-state index >= 15 is 0 Å². The van der Waals surface area contributed by atoms with Crippen LogP contribution < -0.4 is 0 Å². The summed E-state index contributed by atoms with van der Waals surface area (Å²) in [6.45, 7) is 8.49. The average Bonchev–Trinajstić information content (AvgIpc) is 2.25. The Morgan fingerprint density at radius 2 is 1.88 bits per heavy atom. The lowest BCUT2D eigenvalue weighted by Crippen LogP contribution is -2.58. The minimum absolute atomic E-state index is 0.0492. The highest BCUT2D eigenvalue weighted by molar-refractivity contribution is 5.82. The number of hydrogen-bond donors (Lipinski definition) is 1. The Hall–Kier alpha value is -1.10. The van der Waals surface area contributed by atoms with Gasteiger partial charge in [0.25, 0.3) is 0 Å². The van der Waals surface area contributed by atoms with Crippen LogP contribution in [0, 0.1) is 5.41 Å². The van der Waals surface area contributed by atoms with E-state index in [2.05, 4.69) is 0 Å². The SMILES string of the molecule is CC(=O)N1CCN(C(=O)C(C)(C)C)CC1CO. The normalized spacial score (nSPS) is 21.6. The molecule has 1 heterocycles. The summed E-state index contributed by atoms with van der Waals surface area (Å²) in [4.78, 5) is 26.8. The van der Waals surface area contributed by atoms with Gasteiger partial charge in [-0.15, -0.1) is 0 Å². The van der Waals surface area contributed by atoms with Crippen LogP contribution >= 0.6 is 0 Å². The molecule has 17 heavy (non-hydrogen) atoms. The minimum Gasteiger partial charge on any atom is -0.394 e. The Morgan fingerprint density at radius 1 is 1.29 bits per heavy atom. The predicted molar refractivity (Wildman–Crippen MR) is 64.3 cm³/mol. The number of nitrogens with zero attached hydrogens (tertiary/aromatic N) is 2.